The van der Waals surface area contributed by atoms with E-state index >= 15 is 0 Å². The summed E-state index contributed by atoms with van der Waals surface area (Å²) in [6.07, 6.45) is 3.82. The molecule has 0 amide bonds. The molecule has 4 heteroatoms. The zero-order chi connectivity index (χ0) is 11.5. The van der Waals surface area contributed by atoms with Gasteiger partial charge in [-0.15, -0.1) is 0 Å². The molecule has 1 rings (SSSR count). The topological polar surface area (TPSA) is 17.8 Å². The Morgan fingerprint density at radius 2 is 2.20 bits per heavy atom. The molecule has 0 aliphatic heterocycles. The smallest absolute Gasteiger partial charge is 0.167 e. The van der Waals surface area contributed by atoms with Crippen LogP contribution in [0.2, 0.25) is 0 Å². The summed E-state index contributed by atoms with van der Waals surface area (Å²) in [7, 11) is 2.03. The molecule has 0 bridgehead atoms. The van der Waals surface area contributed by atoms with E-state index in [0.29, 0.717) is 11.3 Å². The van der Waals surface area contributed by atoms with Gasteiger partial charge < -0.3 is 4.57 Å². The quantitative estimate of drug-likeness (QED) is 0.648. The summed E-state index contributed by atoms with van der Waals surface area (Å²) in [6, 6.07) is 0. The molecule has 86 valence electrons. The fourth-order valence-corrected chi connectivity index (χ4v) is 3.46. The number of hydrogen-bond acceptors (Lipinski definition) is 3. The van der Waals surface area contributed by atoms with Crippen LogP contribution >= 0.6 is 24.4 Å². The van der Waals surface area contributed by atoms with Crippen LogP contribution in [-0.2, 0) is 7.05 Å². The lowest BCUT2D eigenvalue weighted by molar-refractivity contribution is 0.294. The highest BCUT2D eigenvalue weighted by Crippen LogP contribution is 2.31. The summed E-state index contributed by atoms with van der Waals surface area (Å²) in [5.41, 5.74) is 0.319. The van der Waals surface area contributed by atoms with Gasteiger partial charge >= 0.3 is 0 Å². The maximum Gasteiger partial charge on any atom is 0.167 e. The molecule has 0 radical (unpaired) electrons. The van der Waals surface area contributed by atoms with Gasteiger partial charge in [0, 0.05) is 25.2 Å². The van der Waals surface area contributed by atoms with Crippen molar-refractivity contribution in [2.45, 2.75) is 25.9 Å². The molecule has 1 atom stereocenters. The highest BCUT2D eigenvalue weighted by atomic mass is 32.2. The number of hydrogen-bond donors (Lipinski definition) is 1. The molecule has 0 saturated carbocycles. The standard InChI is InChI=1S/C11H20N2S2/c1-11(2,3)9(7-14)8-15-10-12-5-6-13(10)4/h5-6,9,14H,7-8H2,1-4H3. The molecule has 1 unspecified atom stereocenters. The average molecular weight is 244 g/mol. The third-order valence-corrected chi connectivity index (χ3v) is 4.30. The van der Waals surface area contributed by atoms with E-state index in [1.807, 2.05) is 31.2 Å². The van der Waals surface area contributed by atoms with Gasteiger partial charge in [0.25, 0.3) is 0 Å². The van der Waals surface area contributed by atoms with E-state index in [-0.39, 0.29) is 0 Å². The monoisotopic (exact) mass is 244 g/mol. The van der Waals surface area contributed by atoms with E-state index in [4.69, 9.17) is 0 Å². The minimum atomic E-state index is 0.319. The second kappa shape index (κ2) is 5.30. The highest BCUT2D eigenvalue weighted by Gasteiger charge is 2.23. The Labute approximate surface area is 102 Å². The second-order valence-corrected chi connectivity index (χ2v) is 6.23. The van der Waals surface area contributed by atoms with Gasteiger partial charge in [0.15, 0.2) is 5.16 Å². The van der Waals surface area contributed by atoms with E-state index in [0.717, 1.165) is 16.7 Å². The minimum absolute atomic E-state index is 0.319. The largest absolute Gasteiger partial charge is 0.329 e. The lowest BCUT2D eigenvalue weighted by Gasteiger charge is -2.28. The molecule has 0 saturated heterocycles. The number of nitrogens with zero attached hydrogens (tertiary/aromatic N) is 2. The Hall–Kier alpha value is -0.0900. The zero-order valence-corrected chi connectivity index (χ0v) is 11.6. The van der Waals surface area contributed by atoms with Crippen LogP contribution in [0.25, 0.3) is 0 Å². The number of imidazole rings is 1. The predicted octanol–water partition coefficient (Wildman–Crippen LogP) is 3.10. The Bertz CT molecular complexity index is 302. The molecule has 0 aromatic carbocycles. The molecular formula is C11H20N2S2. The van der Waals surface area contributed by atoms with Crippen LogP contribution in [0.15, 0.2) is 17.6 Å². The molecule has 0 N–H and O–H groups in total. The van der Waals surface area contributed by atoms with E-state index in [1.54, 1.807) is 0 Å². The molecule has 1 aromatic heterocycles. The Morgan fingerprint density at radius 3 is 2.60 bits per heavy atom. The molecule has 2 nitrogen and oxygen atoms in total. The van der Waals surface area contributed by atoms with E-state index in [1.165, 1.54) is 0 Å². The van der Waals surface area contributed by atoms with E-state index in [9.17, 15) is 0 Å². The van der Waals surface area contributed by atoms with Crippen LogP contribution in [0.3, 0.4) is 0 Å². The molecule has 0 aliphatic rings. The first-order valence-corrected chi connectivity index (χ1v) is 6.78. The fraction of sp³-hybridized carbons (Fsp3) is 0.727. The van der Waals surface area contributed by atoms with Crippen molar-refractivity contribution in [3.8, 4) is 0 Å². The van der Waals surface area contributed by atoms with Gasteiger partial charge in [-0.1, -0.05) is 32.5 Å². The number of rotatable bonds is 4. The lowest BCUT2D eigenvalue weighted by atomic mass is 9.83. The molecular weight excluding hydrogens is 224 g/mol. The molecule has 0 aliphatic carbocycles. The van der Waals surface area contributed by atoms with Gasteiger partial charge in [0.2, 0.25) is 0 Å². The highest BCUT2D eigenvalue weighted by molar-refractivity contribution is 7.99. The molecule has 1 heterocycles. The van der Waals surface area contributed by atoms with Crippen LogP contribution in [0.4, 0.5) is 0 Å². The molecule has 0 spiro atoms. The number of aromatic nitrogens is 2. The zero-order valence-electron chi connectivity index (χ0n) is 9.90. The number of aryl methyl sites for hydroxylation is 1. The van der Waals surface area contributed by atoms with Gasteiger partial charge in [-0.25, -0.2) is 4.98 Å². The summed E-state index contributed by atoms with van der Waals surface area (Å²) in [6.45, 7) is 6.81. The van der Waals surface area contributed by atoms with Crippen LogP contribution in [0.5, 0.6) is 0 Å². The maximum atomic E-state index is 4.43. The maximum absolute atomic E-state index is 4.43. The van der Waals surface area contributed by atoms with Crippen LogP contribution < -0.4 is 0 Å². The third-order valence-electron chi connectivity index (χ3n) is 2.64. The fourth-order valence-electron chi connectivity index (χ4n) is 1.24. The van der Waals surface area contributed by atoms with E-state index < -0.39 is 0 Å². The Kier molecular flexibility index (Phi) is 4.59. The van der Waals surface area contributed by atoms with Crippen molar-refractivity contribution in [1.29, 1.82) is 0 Å². The van der Waals surface area contributed by atoms with Crippen molar-refractivity contribution in [2.75, 3.05) is 11.5 Å². The van der Waals surface area contributed by atoms with Crippen molar-refractivity contribution in [1.82, 2.24) is 9.55 Å². The van der Waals surface area contributed by atoms with Crippen LogP contribution in [0.1, 0.15) is 20.8 Å². The van der Waals surface area contributed by atoms with Crippen LogP contribution in [0, 0.1) is 11.3 Å². The molecule has 0 fully saturated rings. The molecule has 1 aromatic rings. The predicted molar refractivity (Wildman–Crippen MR) is 70.7 cm³/mol. The summed E-state index contributed by atoms with van der Waals surface area (Å²) in [5.74, 6) is 2.63. The van der Waals surface area contributed by atoms with Crippen molar-refractivity contribution in [3.05, 3.63) is 12.4 Å². The average Bonchev–Trinajstić information content (AvgIpc) is 2.50. The summed E-state index contributed by atoms with van der Waals surface area (Å²) in [5, 5.41) is 1.09. The van der Waals surface area contributed by atoms with Gasteiger partial charge in [-0.3, -0.25) is 0 Å². The number of thioether (sulfide) groups is 1. The first-order chi connectivity index (χ1) is 6.95. The Morgan fingerprint density at radius 1 is 1.53 bits per heavy atom. The Balaban J connectivity index is 2.52. The molecule has 15 heavy (non-hydrogen) atoms. The summed E-state index contributed by atoms with van der Waals surface area (Å²) in [4.78, 5) is 4.31. The first-order valence-electron chi connectivity index (χ1n) is 5.16. The van der Waals surface area contributed by atoms with E-state index in [2.05, 4.69) is 43.0 Å². The van der Waals surface area contributed by atoms with Gasteiger partial charge in [-0.05, 0) is 17.1 Å². The first kappa shape index (κ1) is 13.0. The van der Waals surface area contributed by atoms with Gasteiger partial charge in [0.05, 0.1) is 0 Å². The second-order valence-electron chi connectivity index (χ2n) is 4.88. The van der Waals surface area contributed by atoms with Crippen LogP contribution in [-0.4, -0.2) is 21.1 Å². The minimum Gasteiger partial charge on any atom is -0.329 e. The van der Waals surface area contributed by atoms with Gasteiger partial charge in [-0.2, -0.15) is 12.6 Å². The number of thiol groups is 1. The van der Waals surface area contributed by atoms with Gasteiger partial charge in [0.1, 0.15) is 0 Å². The third kappa shape index (κ3) is 3.76. The van der Waals surface area contributed by atoms with Crippen molar-refractivity contribution >= 4 is 24.4 Å². The summed E-state index contributed by atoms with van der Waals surface area (Å²) < 4.78 is 2.06. The normalized spacial score (nSPS) is 14.2. The summed E-state index contributed by atoms with van der Waals surface area (Å²) >= 11 is 6.24. The SMILES string of the molecule is Cn1ccnc1SCC(CS)C(C)(C)C. The van der Waals surface area contributed by atoms with Crippen molar-refractivity contribution in [3.63, 3.8) is 0 Å². The van der Waals surface area contributed by atoms with Crippen molar-refractivity contribution < 1.29 is 0 Å². The van der Waals surface area contributed by atoms with Crippen molar-refractivity contribution in [2.24, 2.45) is 18.4 Å². The lowest BCUT2D eigenvalue weighted by Crippen LogP contribution is -2.24.